The van der Waals surface area contributed by atoms with Crippen molar-refractivity contribution in [2.45, 2.75) is 37.8 Å². The number of imide groups is 2. The average molecular weight is 764 g/mol. The first-order valence-corrected chi connectivity index (χ1v) is 16.5. The number of benzene rings is 2. The largest absolute Gasteiger partial charge is 0.332 e. The zero-order chi connectivity index (χ0) is 37.2. The summed E-state index contributed by atoms with van der Waals surface area (Å²) in [6.07, 6.45) is 0.592. The summed E-state index contributed by atoms with van der Waals surface area (Å²) < 4.78 is 0. The van der Waals surface area contributed by atoms with Gasteiger partial charge < -0.3 is 10.2 Å². The molecule has 6 rings (SSSR count). The third-order valence-electron chi connectivity index (χ3n) is 8.43. The van der Waals surface area contributed by atoms with Gasteiger partial charge in [0.2, 0.25) is 0 Å². The highest BCUT2D eigenvalue weighted by Crippen LogP contribution is 2.35. The second kappa shape index (κ2) is 14.5. The molecule has 2 atom stereocenters. The van der Waals surface area contributed by atoms with Gasteiger partial charge in [-0.1, -0.05) is 70.7 Å². The Morgan fingerprint density at radius 2 is 1.08 bits per heavy atom. The van der Waals surface area contributed by atoms with E-state index >= 15 is 0 Å². The molecule has 2 unspecified atom stereocenters. The van der Waals surface area contributed by atoms with Crippen molar-refractivity contribution in [2.75, 3.05) is 16.8 Å². The Bertz CT molecular complexity index is 2110. The van der Waals surface area contributed by atoms with Gasteiger partial charge in [0.1, 0.15) is 31.7 Å². The summed E-state index contributed by atoms with van der Waals surface area (Å²) in [7, 11) is 1.58. The summed E-state index contributed by atoms with van der Waals surface area (Å²) in [5.74, 6) is -0.798. The van der Waals surface area contributed by atoms with Crippen molar-refractivity contribution >= 4 is 81.7 Å². The number of nitriles is 2. The van der Waals surface area contributed by atoms with E-state index in [1.54, 1.807) is 69.4 Å². The second-order valence-corrected chi connectivity index (χ2v) is 13.6. The van der Waals surface area contributed by atoms with Crippen LogP contribution in [0.25, 0.3) is 0 Å². The van der Waals surface area contributed by atoms with E-state index in [1.165, 1.54) is 29.2 Å². The first kappa shape index (κ1) is 37.0. The highest BCUT2D eigenvalue weighted by atomic mass is 35.5. The molecule has 4 aromatic rings. The van der Waals surface area contributed by atoms with Crippen LogP contribution in [0.15, 0.2) is 72.8 Å². The molecule has 258 valence electrons. The van der Waals surface area contributed by atoms with E-state index in [4.69, 9.17) is 56.9 Å². The van der Waals surface area contributed by atoms with Crippen LogP contribution in [0.5, 0.6) is 0 Å². The van der Waals surface area contributed by atoms with E-state index in [2.05, 4.69) is 21.4 Å². The Balaban J connectivity index is 0.000000198. The van der Waals surface area contributed by atoms with Crippen LogP contribution in [0.4, 0.5) is 21.0 Å². The fourth-order valence-electron chi connectivity index (χ4n) is 5.66. The summed E-state index contributed by atoms with van der Waals surface area (Å²) >= 11 is 23.5. The number of halogens is 4. The van der Waals surface area contributed by atoms with Crippen LogP contribution < -0.4 is 15.1 Å². The van der Waals surface area contributed by atoms with Crippen LogP contribution >= 0.6 is 46.4 Å². The smallest absolute Gasteiger partial charge is 0.323 e. The van der Waals surface area contributed by atoms with E-state index in [-0.39, 0.29) is 44.3 Å². The SMILES string of the molecule is CC1(Cc2ccc(C#N)cc2)NC(=O)N(c2cc(Cl)nc(Cl)c2)C1=O.CN1C(=O)N(c2cc(Cl)nc(Cl)c2)C(=O)C1(C)Cc1ccc(C#N)cc1. The molecule has 2 aromatic carbocycles. The van der Waals surface area contributed by atoms with E-state index in [9.17, 15) is 19.2 Å². The number of hydrogen-bond acceptors (Lipinski definition) is 8. The molecule has 2 aromatic heterocycles. The molecule has 6 amide bonds. The molecule has 0 radical (unpaired) electrons. The van der Waals surface area contributed by atoms with E-state index < -0.39 is 29.0 Å². The number of amides is 6. The van der Waals surface area contributed by atoms with Crippen molar-refractivity contribution in [1.29, 1.82) is 10.5 Å². The summed E-state index contributed by atoms with van der Waals surface area (Å²) in [5.41, 5.74) is 1.06. The predicted octanol–water partition coefficient (Wildman–Crippen LogP) is 6.98. The lowest BCUT2D eigenvalue weighted by Crippen LogP contribution is -2.47. The quantitative estimate of drug-likeness (QED) is 0.162. The normalized spacial score (nSPS) is 19.7. The number of likely N-dealkylation sites (N-methyl/N-ethyl adjacent to an activating group) is 1. The molecular weight excluding hydrogens is 738 g/mol. The van der Waals surface area contributed by atoms with Gasteiger partial charge in [-0.2, -0.15) is 10.5 Å². The zero-order valence-electron chi connectivity index (χ0n) is 27.1. The van der Waals surface area contributed by atoms with Gasteiger partial charge in [-0.25, -0.2) is 29.4 Å². The molecule has 0 aliphatic carbocycles. The molecule has 51 heavy (non-hydrogen) atoms. The van der Waals surface area contributed by atoms with Crippen molar-refractivity contribution in [1.82, 2.24) is 20.2 Å². The van der Waals surface area contributed by atoms with Crippen molar-refractivity contribution < 1.29 is 19.2 Å². The minimum absolute atomic E-state index is 0.0868. The number of nitrogens with one attached hydrogen (secondary N) is 1. The molecule has 0 spiro atoms. The molecule has 2 fully saturated rings. The fourth-order valence-corrected chi connectivity index (χ4v) is 6.55. The van der Waals surface area contributed by atoms with Crippen LogP contribution in [-0.2, 0) is 22.4 Å². The second-order valence-electron chi connectivity index (χ2n) is 12.1. The lowest BCUT2D eigenvalue weighted by molar-refractivity contribution is -0.123. The summed E-state index contributed by atoms with van der Waals surface area (Å²) in [6.45, 7) is 3.35. The third-order valence-corrected chi connectivity index (χ3v) is 9.20. The highest BCUT2D eigenvalue weighted by Gasteiger charge is 2.53. The third kappa shape index (κ3) is 7.60. The number of urea groups is 2. The van der Waals surface area contributed by atoms with E-state index in [0.717, 1.165) is 20.9 Å². The van der Waals surface area contributed by atoms with Gasteiger partial charge in [0.25, 0.3) is 11.8 Å². The van der Waals surface area contributed by atoms with Crippen molar-refractivity contribution in [3.63, 3.8) is 0 Å². The Hall–Kier alpha value is -5.24. The summed E-state index contributed by atoms with van der Waals surface area (Å²) in [5, 5.41) is 20.8. The molecule has 4 heterocycles. The van der Waals surface area contributed by atoms with Gasteiger partial charge >= 0.3 is 12.1 Å². The lowest BCUT2D eigenvalue weighted by atomic mass is 9.91. The number of carbonyl (C=O) groups is 4. The Morgan fingerprint density at radius 3 is 1.51 bits per heavy atom. The van der Waals surface area contributed by atoms with Gasteiger partial charge in [-0.3, -0.25) is 9.59 Å². The van der Waals surface area contributed by atoms with E-state index in [1.807, 2.05) is 6.07 Å². The van der Waals surface area contributed by atoms with Gasteiger partial charge in [-0.15, -0.1) is 0 Å². The molecule has 1 N–H and O–H groups in total. The van der Waals surface area contributed by atoms with E-state index in [0.29, 0.717) is 17.5 Å². The number of pyridine rings is 2. The Morgan fingerprint density at radius 1 is 0.667 bits per heavy atom. The molecule has 16 heteroatoms. The topological polar surface area (TPSA) is 163 Å². The maximum absolute atomic E-state index is 13.1. The highest BCUT2D eigenvalue weighted by molar-refractivity contribution is 6.34. The van der Waals surface area contributed by atoms with Crippen LogP contribution in [0.1, 0.15) is 36.1 Å². The molecular formula is C35H26Cl4N8O4. The molecule has 0 bridgehead atoms. The summed E-state index contributed by atoms with van der Waals surface area (Å²) in [6, 6.07) is 22.5. The maximum atomic E-state index is 13.1. The van der Waals surface area contributed by atoms with Gasteiger partial charge in [0.15, 0.2) is 0 Å². The first-order valence-electron chi connectivity index (χ1n) is 15.0. The van der Waals surface area contributed by atoms with Gasteiger partial charge in [-0.05, 0) is 73.5 Å². The van der Waals surface area contributed by atoms with Gasteiger partial charge in [0.05, 0.1) is 34.6 Å². The number of nitrogens with zero attached hydrogens (tertiary/aromatic N) is 7. The molecule has 2 aliphatic heterocycles. The monoisotopic (exact) mass is 762 g/mol. The van der Waals surface area contributed by atoms with Crippen LogP contribution in [0.2, 0.25) is 20.6 Å². The number of hydrogen-bond donors (Lipinski definition) is 1. The minimum Gasteiger partial charge on any atom is -0.323 e. The number of rotatable bonds is 6. The van der Waals surface area contributed by atoms with Crippen LogP contribution in [0.3, 0.4) is 0 Å². The number of anilines is 2. The number of aromatic nitrogens is 2. The van der Waals surface area contributed by atoms with Crippen molar-refractivity contribution in [2.24, 2.45) is 0 Å². The standard InChI is InChI=1S/C18H14Cl2N4O2.C17H12Cl2N4O2/c1-18(9-11-3-5-12(10-21)6-4-11)16(25)24(17(26)23(18)2)13-7-14(19)22-15(20)8-13;1-17(8-10-2-4-11(9-20)5-3-10)15(24)23(16(25)22-17)12-6-13(18)21-14(19)7-12/h3-8H,9H2,1-2H3;2-7H,8H2,1H3,(H,22,25). The predicted molar refractivity (Wildman–Crippen MR) is 192 cm³/mol. The first-order chi connectivity index (χ1) is 24.1. The average Bonchev–Trinajstić information content (AvgIpc) is 3.39. The van der Waals surface area contributed by atoms with Crippen molar-refractivity contribution in [3.8, 4) is 12.1 Å². The number of carbonyl (C=O) groups excluding carboxylic acids is 4. The zero-order valence-corrected chi connectivity index (χ0v) is 30.1. The molecule has 0 saturated carbocycles. The Labute approximate surface area is 312 Å². The minimum atomic E-state index is -1.12. The van der Waals surface area contributed by atoms with Gasteiger partial charge in [0, 0.05) is 19.9 Å². The molecule has 2 aliphatic rings. The summed E-state index contributed by atoms with van der Waals surface area (Å²) in [4.78, 5) is 62.2. The Kier molecular flexibility index (Phi) is 10.6. The molecule has 12 nitrogen and oxygen atoms in total. The molecule has 2 saturated heterocycles. The van der Waals surface area contributed by atoms with Crippen LogP contribution in [0, 0.1) is 22.7 Å². The fraction of sp³-hybridized carbons (Fsp3) is 0.200. The maximum Gasteiger partial charge on any atom is 0.332 e. The van der Waals surface area contributed by atoms with Crippen LogP contribution in [-0.4, -0.2) is 56.9 Å². The van der Waals surface area contributed by atoms with Crippen molar-refractivity contribution in [3.05, 3.63) is 116 Å². The lowest BCUT2D eigenvalue weighted by Gasteiger charge is -2.28.